The van der Waals surface area contributed by atoms with E-state index in [0.717, 1.165) is 31.2 Å². The number of hydrogen-bond donors (Lipinski definition) is 2. The van der Waals surface area contributed by atoms with Crippen LogP contribution in [0, 0.1) is 5.82 Å². The third-order valence-corrected chi connectivity index (χ3v) is 8.10. The van der Waals surface area contributed by atoms with Gasteiger partial charge in [0.25, 0.3) is 0 Å². The molecule has 3 heterocycles. The first-order valence-corrected chi connectivity index (χ1v) is 14.2. The van der Waals surface area contributed by atoms with Gasteiger partial charge < -0.3 is 10.6 Å². The van der Waals surface area contributed by atoms with Gasteiger partial charge in [0, 0.05) is 42.8 Å². The Bertz CT molecular complexity index is 1290. The second-order valence-electron chi connectivity index (χ2n) is 8.79. The van der Waals surface area contributed by atoms with Crippen LogP contribution >= 0.6 is 35.7 Å². The molecule has 8 nitrogen and oxygen atoms in total. The average molecular weight is 565 g/mol. The Hall–Kier alpha value is -3.22. The fraction of sp³-hybridized carbons (Fsp3) is 0.269. The summed E-state index contributed by atoms with van der Waals surface area (Å²) in [5.41, 5.74) is 1.03. The van der Waals surface area contributed by atoms with Crippen molar-refractivity contribution in [1.29, 1.82) is 0 Å². The smallest absolute Gasteiger partial charge is 0.231 e. The molecule has 0 bridgehead atoms. The number of benzene rings is 1. The lowest BCUT2D eigenvalue weighted by Gasteiger charge is -2.38. The zero-order valence-corrected chi connectivity index (χ0v) is 22.8. The lowest BCUT2D eigenvalue weighted by Crippen LogP contribution is -2.43. The summed E-state index contributed by atoms with van der Waals surface area (Å²) in [5, 5.41) is 9.40. The molecule has 0 amide bonds. The average Bonchev–Trinajstić information content (AvgIpc) is 2.94. The fourth-order valence-corrected chi connectivity index (χ4v) is 6.09. The lowest BCUT2D eigenvalue weighted by atomic mass is 9.69. The number of aromatic nitrogens is 6. The SMILES string of the molecule is Fc1ccc(C2(CNC(=S)Nc3nc(Sc4ncccn4)cc(Sc4ncccn4)n3)CCCCC2)cc1. The van der Waals surface area contributed by atoms with Gasteiger partial charge in [0.1, 0.15) is 15.9 Å². The molecular formula is C26H25FN8S3. The molecule has 4 aromatic rings. The minimum atomic E-state index is -0.227. The molecule has 0 radical (unpaired) electrons. The minimum absolute atomic E-state index is 0.105. The second-order valence-corrected chi connectivity index (χ2v) is 11.2. The van der Waals surface area contributed by atoms with E-state index >= 15 is 0 Å². The summed E-state index contributed by atoms with van der Waals surface area (Å²) in [5.74, 6) is 0.122. The van der Waals surface area contributed by atoms with Crippen molar-refractivity contribution in [3.63, 3.8) is 0 Å². The van der Waals surface area contributed by atoms with E-state index in [-0.39, 0.29) is 11.2 Å². The topological polar surface area (TPSA) is 101 Å². The lowest BCUT2D eigenvalue weighted by molar-refractivity contribution is 0.292. The number of thiocarbonyl (C=S) groups is 1. The van der Waals surface area contributed by atoms with Crippen LogP contribution in [0.4, 0.5) is 10.3 Å². The third-order valence-electron chi connectivity index (χ3n) is 6.23. The Morgan fingerprint density at radius 1 is 0.842 bits per heavy atom. The molecule has 12 heteroatoms. The largest absolute Gasteiger partial charge is 0.361 e. The summed E-state index contributed by atoms with van der Waals surface area (Å²) >= 11 is 8.30. The monoisotopic (exact) mass is 564 g/mol. The van der Waals surface area contributed by atoms with Crippen LogP contribution in [0.3, 0.4) is 0 Å². The van der Waals surface area contributed by atoms with Crippen LogP contribution in [0.2, 0.25) is 0 Å². The Morgan fingerprint density at radius 3 is 1.95 bits per heavy atom. The van der Waals surface area contributed by atoms with E-state index in [2.05, 4.69) is 40.5 Å². The summed E-state index contributed by atoms with van der Waals surface area (Å²) in [6.45, 7) is 0.635. The zero-order chi connectivity index (χ0) is 26.2. The Labute approximate surface area is 234 Å². The standard InChI is InChI=1S/C26H25FN8S3/c27-19-8-6-18(7-9-19)26(10-2-1-3-11-26)17-32-23(36)35-22-33-20(37-24-28-12-4-13-29-24)16-21(34-22)38-25-30-14-5-15-31-25/h4-9,12-16H,1-3,10-11,17H2,(H2,32,33,34,35,36). The van der Waals surface area contributed by atoms with Crippen molar-refractivity contribution in [1.82, 2.24) is 35.2 Å². The summed E-state index contributed by atoms with van der Waals surface area (Å²) in [4.78, 5) is 26.4. The van der Waals surface area contributed by atoms with Crippen molar-refractivity contribution in [2.24, 2.45) is 0 Å². The van der Waals surface area contributed by atoms with Crippen LogP contribution in [0.25, 0.3) is 0 Å². The molecule has 0 saturated heterocycles. The summed E-state index contributed by atoms with van der Waals surface area (Å²) in [6.07, 6.45) is 12.2. The molecule has 1 saturated carbocycles. The molecule has 1 aromatic carbocycles. The number of rotatable bonds is 8. The van der Waals surface area contributed by atoms with Crippen LogP contribution in [0.5, 0.6) is 0 Å². The molecule has 0 spiro atoms. The van der Waals surface area contributed by atoms with Crippen molar-refractivity contribution in [2.75, 3.05) is 11.9 Å². The van der Waals surface area contributed by atoms with Gasteiger partial charge in [0.15, 0.2) is 15.4 Å². The molecule has 5 rings (SSSR count). The third kappa shape index (κ3) is 7.00. The van der Waals surface area contributed by atoms with Crippen LogP contribution in [0.15, 0.2) is 87.6 Å². The summed E-state index contributed by atoms with van der Waals surface area (Å²) in [6, 6.07) is 12.2. The van der Waals surface area contributed by atoms with Gasteiger partial charge in [-0.25, -0.2) is 34.3 Å². The first-order chi connectivity index (χ1) is 18.6. The first kappa shape index (κ1) is 26.4. The molecule has 1 aliphatic rings. The van der Waals surface area contributed by atoms with E-state index in [4.69, 9.17) is 12.2 Å². The van der Waals surface area contributed by atoms with Gasteiger partial charge in [-0.1, -0.05) is 31.4 Å². The molecule has 0 unspecified atom stereocenters. The van der Waals surface area contributed by atoms with Crippen molar-refractivity contribution >= 4 is 46.8 Å². The predicted octanol–water partition coefficient (Wildman–Crippen LogP) is 5.69. The van der Waals surface area contributed by atoms with Gasteiger partial charge in [0.2, 0.25) is 5.95 Å². The van der Waals surface area contributed by atoms with E-state index in [1.807, 2.05) is 18.2 Å². The maximum atomic E-state index is 13.6. The number of anilines is 1. The van der Waals surface area contributed by atoms with Gasteiger partial charge in [-0.05, 0) is 78.4 Å². The highest BCUT2D eigenvalue weighted by atomic mass is 32.2. The molecular weight excluding hydrogens is 540 g/mol. The van der Waals surface area contributed by atoms with Crippen LogP contribution < -0.4 is 10.6 Å². The number of nitrogens with one attached hydrogen (secondary N) is 2. The summed E-state index contributed by atoms with van der Waals surface area (Å²) in [7, 11) is 0. The molecule has 0 atom stereocenters. The molecule has 2 N–H and O–H groups in total. The first-order valence-electron chi connectivity index (χ1n) is 12.2. The van der Waals surface area contributed by atoms with Gasteiger partial charge in [-0.15, -0.1) is 0 Å². The Kier molecular flexibility index (Phi) is 8.72. The van der Waals surface area contributed by atoms with E-state index in [9.17, 15) is 4.39 Å². The number of hydrogen-bond acceptors (Lipinski definition) is 9. The van der Waals surface area contributed by atoms with Crippen molar-refractivity contribution in [3.8, 4) is 0 Å². The minimum Gasteiger partial charge on any atom is -0.361 e. The second kappa shape index (κ2) is 12.5. The number of nitrogens with zero attached hydrogens (tertiary/aromatic N) is 6. The van der Waals surface area contributed by atoms with E-state index in [0.29, 0.717) is 38.0 Å². The molecule has 0 aliphatic heterocycles. The highest BCUT2D eigenvalue weighted by Crippen LogP contribution is 2.39. The maximum absolute atomic E-state index is 13.6. The normalized spacial score (nSPS) is 14.6. The highest BCUT2D eigenvalue weighted by molar-refractivity contribution is 7.99. The van der Waals surface area contributed by atoms with Crippen LogP contribution in [-0.4, -0.2) is 41.6 Å². The molecule has 3 aromatic heterocycles. The van der Waals surface area contributed by atoms with Gasteiger partial charge >= 0.3 is 0 Å². The van der Waals surface area contributed by atoms with Crippen LogP contribution in [-0.2, 0) is 5.41 Å². The predicted molar refractivity (Wildman–Crippen MR) is 150 cm³/mol. The van der Waals surface area contributed by atoms with Crippen molar-refractivity contribution in [3.05, 3.63) is 78.6 Å². The summed E-state index contributed by atoms with van der Waals surface area (Å²) < 4.78 is 13.6. The highest BCUT2D eigenvalue weighted by Gasteiger charge is 2.34. The van der Waals surface area contributed by atoms with E-state index < -0.39 is 0 Å². The van der Waals surface area contributed by atoms with Crippen molar-refractivity contribution < 1.29 is 4.39 Å². The van der Waals surface area contributed by atoms with E-state index in [1.54, 1.807) is 36.9 Å². The van der Waals surface area contributed by atoms with Gasteiger partial charge in [-0.2, -0.15) is 0 Å². The molecule has 1 fully saturated rings. The molecule has 1 aliphatic carbocycles. The quantitative estimate of drug-likeness (QED) is 0.157. The zero-order valence-electron chi connectivity index (χ0n) is 20.4. The fourth-order valence-electron chi connectivity index (χ4n) is 4.42. The van der Waals surface area contributed by atoms with E-state index in [1.165, 1.54) is 42.1 Å². The Morgan fingerprint density at radius 2 is 1.39 bits per heavy atom. The maximum Gasteiger partial charge on any atom is 0.231 e. The van der Waals surface area contributed by atoms with Crippen molar-refractivity contribution in [2.45, 2.75) is 57.9 Å². The molecule has 38 heavy (non-hydrogen) atoms. The van der Waals surface area contributed by atoms with Crippen LogP contribution in [0.1, 0.15) is 37.7 Å². The van der Waals surface area contributed by atoms with Gasteiger partial charge in [-0.3, -0.25) is 0 Å². The van der Waals surface area contributed by atoms with Gasteiger partial charge in [0.05, 0.1) is 0 Å². The number of halogens is 1. The molecule has 194 valence electrons. The Balaban J connectivity index is 1.32.